The first kappa shape index (κ1) is 15.4. The van der Waals surface area contributed by atoms with Crippen molar-refractivity contribution in [2.45, 2.75) is 26.8 Å². The summed E-state index contributed by atoms with van der Waals surface area (Å²) in [5, 5.41) is 3.41. The van der Waals surface area contributed by atoms with E-state index in [0.717, 1.165) is 30.2 Å². The summed E-state index contributed by atoms with van der Waals surface area (Å²) < 4.78 is 10.9. The summed E-state index contributed by atoms with van der Waals surface area (Å²) in [7, 11) is 1.67. The van der Waals surface area contributed by atoms with Crippen LogP contribution in [0, 0.1) is 18.3 Å². The Balaban J connectivity index is 2.69. The van der Waals surface area contributed by atoms with E-state index in [1.807, 2.05) is 18.2 Å². The smallest absolute Gasteiger partial charge is 0.124 e. The van der Waals surface area contributed by atoms with E-state index in [-0.39, 0.29) is 0 Å². The van der Waals surface area contributed by atoms with Crippen molar-refractivity contribution in [3.05, 3.63) is 23.8 Å². The number of nitrogens with one attached hydrogen (secondary N) is 1. The first-order valence-corrected chi connectivity index (χ1v) is 6.61. The first-order valence-electron chi connectivity index (χ1n) is 6.61. The van der Waals surface area contributed by atoms with Crippen molar-refractivity contribution in [3.8, 4) is 23.8 Å². The van der Waals surface area contributed by atoms with Gasteiger partial charge in [-0.2, -0.15) is 0 Å². The Morgan fingerprint density at radius 1 is 1.37 bits per heavy atom. The molecule has 0 radical (unpaired) electrons. The third-order valence-corrected chi connectivity index (χ3v) is 2.64. The highest BCUT2D eigenvalue weighted by Crippen LogP contribution is 2.24. The van der Waals surface area contributed by atoms with Crippen molar-refractivity contribution in [2.24, 2.45) is 5.92 Å². The van der Waals surface area contributed by atoms with Crippen LogP contribution < -0.4 is 14.8 Å². The minimum atomic E-state index is 0.542. The molecule has 1 aromatic rings. The average molecular weight is 261 g/mol. The number of hydrogen-bond acceptors (Lipinski definition) is 3. The molecule has 0 amide bonds. The summed E-state index contributed by atoms with van der Waals surface area (Å²) in [6.07, 6.45) is 5.84. The molecule has 1 rings (SSSR count). The van der Waals surface area contributed by atoms with Crippen molar-refractivity contribution in [3.63, 3.8) is 0 Å². The fourth-order valence-electron chi connectivity index (χ4n) is 1.68. The molecule has 3 heteroatoms. The van der Waals surface area contributed by atoms with Gasteiger partial charge in [0, 0.05) is 18.5 Å². The number of terminal acetylenes is 1. The van der Waals surface area contributed by atoms with Gasteiger partial charge in [-0.1, -0.05) is 13.8 Å². The van der Waals surface area contributed by atoms with Gasteiger partial charge < -0.3 is 14.8 Å². The highest BCUT2D eigenvalue weighted by molar-refractivity contribution is 5.40. The van der Waals surface area contributed by atoms with Crippen molar-refractivity contribution in [2.75, 3.05) is 20.3 Å². The molecule has 0 unspecified atom stereocenters. The van der Waals surface area contributed by atoms with Gasteiger partial charge in [-0.15, -0.1) is 12.3 Å². The lowest BCUT2D eigenvalue weighted by Crippen LogP contribution is -2.19. The molecule has 0 spiro atoms. The topological polar surface area (TPSA) is 30.5 Å². The van der Waals surface area contributed by atoms with Gasteiger partial charge >= 0.3 is 0 Å². The lowest BCUT2D eigenvalue weighted by atomic mass is 10.1. The summed E-state index contributed by atoms with van der Waals surface area (Å²) in [6, 6.07) is 5.83. The van der Waals surface area contributed by atoms with Crippen LogP contribution in [0.4, 0.5) is 0 Å². The van der Waals surface area contributed by atoms with E-state index in [9.17, 15) is 0 Å². The molecule has 19 heavy (non-hydrogen) atoms. The lowest BCUT2D eigenvalue weighted by Gasteiger charge is -2.14. The van der Waals surface area contributed by atoms with Crippen molar-refractivity contribution >= 4 is 0 Å². The Morgan fingerprint density at radius 2 is 2.16 bits per heavy atom. The third kappa shape index (κ3) is 5.67. The van der Waals surface area contributed by atoms with Crippen LogP contribution in [0.5, 0.6) is 11.5 Å². The Hall–Kier alpha value is -1.66. The summed E-state index contributed by atoms with van der Waals surface area (Å²) in [5.41, 5.74) is 1.09. The average Bonchev–Trinajstić information content (AvgIpc) is 2.40. The van der Waals surface area contributed by atoms with Crippen LogP contribution in [-0.4, -0.2) is 20.3 Å². The monoisotopic (exact) mass is 261 g/mol. The van der Waals surface area contributed by atoms with Crippen LogP contribution >= 0.6 is 0 Å². The van der Waals surface area contributed by atoms with E-state index >= 15 is 0 Å². The van der Waals surface area contributed by atoms with E-state index in [1.165, 1.54) is 0 Å². The predicted molar refractivity (Wildman–Crippen MR) is 78.5 cm³/mol. The van der Waals surface area contributed by atoms with Gasteiger partial charge in [0.2, 0.25) is 0 Å². The Labute approximate surface area is 116 Å². The third-order valence-electron chi connectivity index (χ3n) is 2.64. The summed E-state index contributed by atoms with van der Waals surface area (Å²) in [6.45, 7) is 6.65. The Bertz CT molecular complexity index is 421. The largest absolute Gasteiger partial charge is 0.497 e. The second-order valence-electron chi connectivity index (χ2n) is 4.80. The van der Waals surface area contributed by atoms with Gasteiger partial charge in [-0.05, 0) is 30.7 Å². The summed E-state index contributed by atoms with van der Waals surface area (Å²) in [5.74, 6) is 4.90. The maximum Gasteiger partial charge on any atom is 0.124 e. The fourth-order valence-corrected chi connectivity index (χ4v) is 1.68. The van der Waals surface area contributed by atoms with Gasteiger partial charge in [0.15, 0.2) is 0 Å². The maximum atomic E-state index is 5.70. The van der Waals surface area contributed by atoms with Crippen LogP contribution in [-0.2, 0) is 6.54 Å². The molecular formula is C16H23NO2. The van der Waals surface area contributed by atoms with E-state index in [2.05, 4.69) is 25.1 Å². The van der Waals surface area contributed by atoms with Gasteiger partial charge in [-0.25, -0.2) is 0 Å². The number of methoxy groups -OCH3 is 1. The van der Waals surface area contributed by atoms with Gasteiger partial charge in [0.05, 0.1) is 13.7 Å². The molecule has 3 nitrogen and oxygen atoms in total. The SMILES string of the molecule is C#CCCOc1ccc(OC)cc1CNCC(C)C. The van der Waals surface area contributed by atoms with Gasteiger partial charge in [0.25, 0.3) is 0 Å². The molecular weight excluding hydrogens is 238 g/mol. The maximum absolute atomic E-state index is 5.70. The molecule has 0 fully saturated rings. The standard InChI is InChI=1S/C16H23NO2/c1-5-6-9-19-16-8-7-15(18-4)10-14(16)12-17-11-13(2)3/h1,7-8,10,13,17H,6,9,11-12H2,2-4H3. The molecule has 1 N–H and O–H groups in total. The molecule has 0 aliphatic rings. The molecule has 0 saturated carbocycles. The van der Waals surface area contributed by atoms with E-state index in [1.54, 1.807) is 7.11 Å². The second-order valence-corrected chi connectivity index (χ2v) is 4.80. The van der Waals surface area contributed by atoms with Crippen molar-refractivity contribution in [1.29, 1.82) is 0 Å². The molecule has 0 aliphatic carbocycles. The molecule has 0 heterocycles. The zero-order valence-corrected chi connectivity index (χ0v) is 12.0. The lowest BCUT2D eigenvalue weighted by molar-refractivity contribution is 0.321. The molecule has 104 valence electrons. The normalized spacial score (nSPS) is 10.3. The molecule has 0 saturated heterocycles. The van der Waals surface area contributed by atoms with Gasteiger partial charge in [-0.3, -0.25) is 0 Å². The van der Waals surface area contributed by atoms with Crippen LogP contribution in [0.2, 0.25) is 0 Å². The number of rotatable bonds is 8. The van der Waals surface area contributed by atoms with Crippen molar-refractivity contribution < 1.29 is 9.47 Å². The van der Waals surface area contributed by atoms with E-state index < -0.39 is 0 Å². The summed E-state index contributed by atoms with van der Waals surface area (Å²) >= 11 is 0. The highest BCUT2D eigenvalue weighted by Gasteiger charge is 2.06. The minimum Gasteiger partial charge on any atom is -0.497 e. The van der Waals surface area contributed by atoms with Crippen LogP contribution in [0.3, 0.4) is 0 Å². The molecule has 0 atom stereocenters. The number of benzene rings is 1. The highest BCUT2D eigenvalue weighted by atomic mass is 16.5. The fraction of sp³-hybridized carbons (Fsp3) is 0.500. The minimum absolute atomic E-state index is 0.542. The predicted octanol–water partition coefficient (Wildman–Crippen LogP) is 2.84. The zero-order chi connectivity index (χ0) is 14.1. The molecule has 0 aliphatic heterocycles. The molecule has 0 bridgehead atoms. The van der Waals surface area contributed by atoms with Crippen LogP contribution in [0.1, 0.15) is 25.8 Å². The zero-order valence-electron chi connectivity index (χ0n) is 12.0. The number of ether oxygens (including phenoxy) is 2. The first-order chi connectivity index (χ1) is 9.17. The van der Waals surface area contributed by atoms with Crippen LogP contribution in [0.15, 0.2) is 18.2 Å². The molecule has 1 aromatic carbocycles. The Kier molecular flexibility index (Phi) is 6.84. The van der Waals surface area contributed by atoms with E-state index in [4.69, 9.17) is 15.9 Å². The van der Waals surface area contributed by atoms with E-state index in [0.29, 0.717) is 18.9 Å². The van der Waals surface area contributed by atoms with Crippen LogP contribution in [0.25, 0.3) is 0 Å². The Morgan fingerprint density at radius 3 is 2.79 bits per heavy atom. The number of hydrogen-bond donors (Lipinski definition) is 1. The van der Waals surface area contributed by atoms with Crippen molar-refractivity contribution in [1.82, 2.24) is 5.32 Å². The summed E-state index contributed by atoms with van der Waals surface area (Å²) in [4.78, 5) is 0. The quantitative estimate of drug-likeness (QED) is 0.576. The second kappa shape index (κ2) is 8.44. The molecule has 0 aromatic heterocycles. The van der Waals surface area contributed by atoms with Gasteiger partial charge in [0.1, 0.15) is 11.5 Å².